The fraction of sp³-hybridized carbons (Fsp3) is 0.727. The number of hydrogen-bond acceptors (Lipinski definition) is 5. The third-order valence-electron chi connectivity index (χ3n) is 2.41. The highest BCUT2D eigenvalue weighted by Gasteiger charge is 2.20. The van der Waals surface area contributed by atoms with E-state index in [-0.39, 0.29) is 6.10 Å². The SMILES string of the molecule is CCCNCc1ncc(C2COCCO2)o1. The predicted octanol–water partition coefficient (Wildman–Crippen LogP) is 1.26. The van der Waals surface area contributed by atoms with Gasteiger partial charge >= 0.3 is 0 Å². The molecule has 1 aromatic heterocycles. The van der Waals surface area contributed by atoms with Crippen LogP contribution in [0, 0.1) is 0 Å². The molecule has 1 N–H and O–H groups in total. The maximum Gasteiger partial charge on any atom is 0.208 e. The van der Waals surface area contributed by atoms with Crippen molar-refractivity contribution in [2.45, 2.75) is 26.0 Å². The van der Waals surface area contributed by atoms with E-state index in [9.17, 15) is 0 Å². The van der Waals surface area contributed by atoms with Crippen LogP contribution >= 0.6 is 0 Å². The topological polar surface area (TPSA) is 56.5 Å². The Morgan fingerprint density at radius 1 is 1.50 bits per heavy atom. The first-order chi connectivity index (χ1) is 7.90. The van der Waals surface area contributed by atoms with Gasteiger partial charge in [0.05, 0.1) is 32.6 Å². The lowest BCUT2D eigenvalue weighted by Gasteiger charge is -2.20. The summed E-state index contributed by atoms with van der Waals surface area (Å²) in [7, 11) is 0. The first-order valence-electron chi connectivity index (χ1n) is 5.75. The Balaban J connectivity index is 1.85. The van der Waals surface area contributed by atoms with E-state index in [2.05, 4.69) is 17.2 Å². The summed E-state index contributed by atoms with van der Waals surface area (Å²) in [5.74, 6) is 1.46. The smallest absolute Gasteiger partial charge is 0.208 e. The first kappa shape index (κ1) is 11.6. The van der Waals surface area contributed by atoms with Gasteiger partial charge < -0.3 is 19.2 Å². The van der Waals surface area contributed by atoms with Crippen LogP contribution in [0.5, 0.6) is 0 Å². The summed E-state index contributed by atoms with van der Waals surface area (Å²) in [6.45, 7) is 5.60. The Bertz CT molecular complexity index is 308. The van der Waals surface area contributed by atoms with Crippen molar-refractivity contribution in [3.05, 3.63) is 17.8 Å². The normalized spacial score (nSPS) is 21.2. The fourth-order valence-corrected chi connectivity index (χ4v) is 1.58. The van der Waals surface area contributed by atoms with E-state index >= 15 is 0 Å². The van der Waals surface area contributed by atoms with Gasteiger partial charge in [-0.05, 0) is 13.0 Å². The Labute approximate surface area is 95.1 Å². The minimum atomic E-state index is -0.0961. The number of oxazole rings is 1. The molecule has 5 heteroatoms. The minimum absolute atomic E-state index is 0.0961. The van der Waals surface area contributed by atoms with Crippen molar-refractivity contribution in [3.8, 4) is 0 Å². The second-order valence-electron chi connectivity index (χ2n) is 3.77. The van der Waals surface area contributed by atoms with Gasteiger partial charge in [-0.2, -0.15) is 0 Å². The summed E-state index contributed by atoms with van der Waals surface area (Å²) >= 11 is 0. The third kappa shape index (κ3) is 3.04. The Morgan fingerprint density at radius 2 is 2.44 bits per heavy atom. The van der Waals surface area contributed by atoms with Crippen LogP contribution in [0.3, 0.4) is 0 Å². The molecule has 1 atom stereocenters. The third-order valence-corrected chi connectivity index (χ3v) is 2.41. The predicted molar refractivity (Wildman–Crippen MR) is 58.0 cm³/mol. The molecule has 16 heavy (non-hydrogen) atoms. The molecule has 2 rings (SSSR count). The monoisotopic (exact) mass is 226 g/mol. The highest BCUT2D eigenvalue weighted by Crippen LogP contribution is 2.21. The quantitative estimate of drug-likeness (QED) is 0.766. The Kier molecular flexibility index (Phi) is 4.33. The van der Waals surface area contributed by atoms with E-state index in [1.54, 1.807) is 6.20 Å². The largest absolute Gasteiger partial charge is 0.441 e. The highest BCUT2D eigenvalue weighted by atomic mass is 16.6. The summed E-state index contributed by atoms with van der Waals surface area (Å²) < 4.78 is 16.4. The molecule has 0 bridgehead atoms. The maximum atomic E-state index is 5.59. The van der Waals surface area contributed by atoms with Crippen molar-refractivity contribution >= 4 is 0 Å². The molecule has 1 aliphatic rings. The van der Waals surface area contributed by atoms with Crippen LogP contribution in [0.15, 0.2) is 10.6 Å². The number of nitrogens with zero attached hydrogens (tertiary/aromatic N) is 1. The van der Waals surface area contributed by atoms with E-state index in [4.69, 9.17) is 13.9 Å². The van der Waals surface area contributed by atoms with E-state index in [1.165, 1.54) is 0 Å². The Morgan fingerprint density at radius 3 is 3.19 bits per heavy atom. The molecular weight excluding hydrogens is 208 g/mol. The lowest BCUT2D eigenvalue weighted by atomic mass is 10.3. The van der Waals surface area contributed by atoms with Crippen molar-refractivity contribution in [1.29, 1.82) is 0 Å². The van der Waals surface area contributed by atoms with E-state index in [1.807, 2.05) is 0 Å². The summed E-state index contributed by atoms with van der Waals surface area (Å²) in [6, 6.07) is 0. The zero-order chi connectivity index (χ0) is 11.2. The van der Waals surface area contributed by atoms with Crippen LogP contribution in [0.25, 0.3) is 0 Å². The van der Waals surface area contributed by atoms with Crippen LogP contribution in [0.2, 0.25) is 0 Å². The number of aromatic nitrogens is 1. The molecule has 1 fully saturated rings. The van der Waals surface area contributed by atoms with E-state index in [0.717, 1.165) is 18.7 Å². The molecule has 0 spiro atoms. The van der Waals surface area contributed by atoms with Crippen LogP contribution in [-0.4, -0.2) is 31.3 Å². The number of rotatable bonds is 5. The molecule has 0 saturated carbocycles. The molecule has 1 unspecified atom stereocenters. The van der Waals surface area contributed by atoms with Crippen LogP contribution < -0.4 is 5.32 Å². The van der Waals surface area contributed by atoms with Crippen molar-refractivity contribution in [2.75, 3.05) is 26.4 Å². The van der Waals surface area contributed by atoms with Crippen molar-refractivity contribution < 1.29 is 13.9 Å². The number of nitrogens with one attached hydrogen (secondary N) is 1. The zero-order valence-corrected chi connectivity index (χ0v) is 9.57. The highest BCUT2D eigenvalue weighted by molar-refractivity contribution is 4.99. The fourth-order valence-electron chi connectivity index (χ4n) is 1.58. The number of hydrogen-bond donors (Lipinski definition) is 1. The Hall–Kier alpha value is -0.910. The number of ether oxygens (including phenoxy) is 2. The summed E-state index contributed by atoms with van der Waals surface area (Å²) in [6.07, 6.45) is 2.73. The first-order valence-corrected chi connectivity index (χ1v) is 5.75. The van der Waals surface area contributed by atoms with Crippen LogP contribution in [0.1, 0.15) is 31.1 Å². The van der Waals surface area contributed by atoms with Crippen LogP contribution in [0.4, 0.5) is 0 Å². The molecule has 0 amide bonds. The second-order valence-corrected chi connectivity index (χ2v) is 3.77. The average Bonchev–Trinajstić information content (AvgIpc) is 2.79. The van der Waals surface area contributed by atoms with E-state index < -0.39 is 0 Å². The lowest BCUT2D eigenvalue weighted by Crippen LogP contribution is -2.21. The van der Waals surface area contributed by atoms with Gasteiger partial charge in [0.25, 0.3) is 0 Å². The van der Waals surface area contributed by atoms with Gasteiger partial charge in [-0.25, -0.2) is 4.98 Å². The summed E-state index contributed by atoms with van der Waals surface area (Å²) in [5, 5.41) is 3.24. The molecule has 2 heterocycles. The van der Waals surface area contributed by atoms with Gasteiger partial charge in [0.15, 0.2) is 5.76 Å². The maximum absolute atomic E-state index is 5.59. The molecule has 1 aromatic rings. The van der Waals surface area contributed by atoms with Gasteiger partial charge in [0.2, 0.25) is 5.89 Å². The summed E-state index contributed by atoms with van der Waals surface area (Å²) in [4.78, 5) is 4.20. The molecule has 0 aromatic carbocycles. The van der Waals surface area contributed by atoms with Gasteiger partial charge in [0, 0.05) is 0 Å². The molecule has 0 aliphatic carbocycles. The van der Waals surface area contributed by atoms with Gasteiger partial charge in [-0.1, -0.05) is 6.92 Å². The molecule has 1 aliphatic heterocycles. The molecular formula is C11H18N2O3. The average molecular weight is 226 g/mol. The lowest BCUT2D eigenvalue weighted by molar-refractivity contribution is -0.0978. The second kappa shape index (κ2) is 5.98. The van der Waals surface area contributed by atoms with Gasteiger partial charge in [-0.3, -0.25) is 0 Å². The molecule has 1 saturated heterocycles. The molecule has 5 nitrogen and oxygen atoms in total. The standard InChI is InChI=1S/C11H18N2O3/c1-2-3-12-7-11-13-6-9(16-11)10-8-14-4-5-15-10/h6,10,12H,2-5,7-8H2,1H3. The molecule has 0 radical (unpaired) electrons. The minimum Gasteiger partial charge on any atom is -0.441 e. The van der Waals surface area contributed by atoms with E-state index in [0.29, 0.717) is 32.3 Å². The molecule has 90 valence electrons. The zero-order valence-electron chi connectivity index (χ0n) is 9.57. The van der Waals surface area contributed by atoms with Crippen LogP contribution in [-0.2, 0) is 16.0 Å². The van der Waals surface area contributed by atoms with Crippen molar-refractivity contribution in [3.63, 3.8) is 0 Å². The van der Waals surface area contributed by atoms with Crippen molar-refractivity contribution in [2.24, 2.45) is 0 Å². The van der Waals surface area contributed by atoms with Gasteiger partial charge in [0.1, 0.15) is 6.10 Å². The van der Waals surface area contributed by atoms with Gasteiger partial charge in [-0.15, -0.1) is 0 Å². The van der Waals surface area contributed by atoms with Crippen molar-refractivity contribution in [1.82, 2.24) is 10.3 Å². The summed E-state index contributed by atoms with van der Waals surface area (Å²) in [5.41, 5.74) is 0.